The van der Waals surface area contributed by atoms with Gasteiger partial charge in [0.15, 0.2) is 0 Å². The van der Waals surface area contributed by atoms with Gasteiger partial charge in [0.2, 0.25) is 5.91 Å². The first kappa shape index (κ1) is 30.9. The third-order valence-electron chi connectivity index (χ3n) is 7.99. The van der Waals surface area contributed by atoms with Gasteiger partial charge in [-0.05, 0) is 60.2 Å². The monoisotopic (exact) mass is 611 g/mol. The molecule has 0 unspecified atom stereocenters. The maximum Gasteiger partial charge on any atom is 0.416 e. The highest BCUT2D eigenvalue weighted by Crippen LogP contribution is 2.39. The van der Waals surface area contributed by atoms with Crippen LogP contribution in [0, 0.1) is 0 Å². The summed E-state index contributed by atoms with van der Waals surface area (Å²) in [5.41, 5.74) is -0.953. The Morgan fingerprint density at radius 3 is 2.23 bits per heavy atom. The molecule has 0 saturated carbocycles. The topological polar surface area (TPSA) is 97.4 Å². The Hall–Kier alpha value is -4.58. The van der Waals surface area contributed by atoms with Crippen LogP contribution in [0.15, 0.2) is 72.8 Å². The molecule has 232 valence electrons. The maximum atomic E-state index is 14.0. The summed E-state index contributed by atoms with van der Waals surface area (Å²) in [6, 6.07) is 16.9. The van der Waals surface area contributed by atoms with Crippen molar-refractivity contribution in [1.29, 1.82) is 0 Å². The Kier molecular flexibility index (Phi) is 8.82. The highest BCUT2D eigenvalue weighted by atomic mass is 19.4. The van der Waals surface area contributed by atoms with Gasteiger partial charge >= 0.3 is 6.18 Å². The summed E-state index contributed by atoms with van der Waals surface area (Å²) < 4.78 is 56.2. The Balaban J connectivity index is 1.36. The lowest BCUT2D eigenvalue weighted by molar-refractivity contribution is -0.137. The number of piperidine rings is 1. The maximum absolute atomic E-state index is 14.0. The van der Waals surface area contributed by atoms with E-state index in [1.54, 1.807) is 53.4 Å². The second kappa shape index (κ2) is 12.6. The van der Waals surface area contributed by atoms with E-state index in [4.69, 9.17) is 14.2 Å². The van der Waals surface area contributed by atoms with E-state index in [1.807, 2.05) is 0 Å². The number of benzene rings is 3. The van der Waals surface area contributed by atoms with Gasteiger partial charge in [-0.1, -0.05) is 18.2 Å². The molecule has 1 N–H and O–H groups in total. The van der Waals surface area contributed by atoms with Crippen LogP contribution in [0.2, 0.25) is 0 Å². The van der Waals surface area contributed by atoms with Crippen LogP contribution in [-0.4, -0.2) is 73.2 Å². The van der Waals surface area contributed by atoms with Crippen molar-refractivity contribution in [1.82, 2.24) is 15.1 Å². The van der Waals surface area contributed by atoms with Crippen LogP contribution in [0.1, 0.15) is 44.7 Å². The van der Waals surface area contributed by atoms with Crippen LogP contribution >= 0.6 is 0 Å². The lowest BCUT2D eigenvalue weighted by Gasteiger charge is -2.44. The fourth-order valence-electron chi connectivity index (χ4n) is 5.60. The summed E-state index contributed by atoms with van der Waals surface area (Å²) in [6.07, 6.45) is -4.01. The molecule has 12 heteroatoms. The Labute approximate surface area is 252 Å². The second-order valence-corrected chi connectivity index (χ2v) is 10.6. The van der Waals surface area contributed by atoms with E-state index in [0.29, 0.717) is 22.6 Å². The Bertz CT molecular complexity index is 1520. The molecule has 2 fully saturated rings. The summed E-state index contributed by atoms with van der Waals surface area (Å²) in [6.45, 7) is 0.252. The fraction of sp³-hybridized carbons (Fsp3) is 0.344. The average Bonchev–Trinajstić information content (AvgIpc) is 3.41. The number of alkyl halides is 3. The van der Waals surface area contributed by atoms with Crippen molar-refractivity contribution in [2.24, 2.45) is 0 Å². The molecule has 3 aromatic rings. The molecule has 2 heterocycles. The number of carbonyl (C=O) groups is 3. The van der Waals surface area contributed by atoms with Crippen LogP contribution in [0.5, 0.6) is 11.5 Å². The molecule has 1 spiro atoms. The number of hydrogen-bond acceptors (Lipinski definition) is 6. The van der Waals surface area contributed by atoms with Crippen molar-refractivity contribution in [2.75, 3.05) is 33.9 Å². The van der Waals surface area contributed by atoms with Crippen LogP contribution in [0.25, 0.3) is 0 Å². The van der Waals surface area contributed by atoms with Crippen molar-refractivity contribution >= 4 is 17.7 Å². The van der Waals surface area contributed by atoms with Crippen LogP contribution in [0.3, 0.4) is 0 Å². The van der Waals surface area contributed by atoms with Crippen LogP contribution in [0.4, 0.5) is 13.2 Å². The van der Waals surface area contributed by atoms with Gasteiger partial charge in [-0.2, -0.15) is 13.2 Å². The minimum Gasteiger partial charge on any atom is -0.497 e. The highest BCUT2D eigenvalue weighted by Gasteiger charge is 2.54. The number of likely N-dealkylation sites (tertiary alicyclic amines) is 1. The molecule has 44 heavy (non-hydrogen) atoms. The molecule has 0 aromatic heterocycles. The minimum atomic E-state index is -4.52. The van der Waals surface area contributed by atoms with Gasteiger partial charge in [-0.25, -0.2) is 0 Å². The summed E-state index contributed by atoms with van der Waals surface area (Å²) >= 11 is 0. The summed E-state index contributed by atoms with van der Waals surface area (Å²) in [5.74, 6) is -0.0967. The van der Waals surface area contributed by atoms with E-state index in [1.165, 1.54) is 31.3 Å². The van der Waals surface area contributed by atoms with Gasteiger partial charge < -0.3 is 24.4 Å². The molecule has 1 atom stereocenters. The lowest BCUT2D eigenvalue weighted by Crippen LogP contribution is -2.59. The summed E-state index contributed by atoms with van der Waals surface area (Å²) in [5, 5.41) is 2.68. The molecule has 9 nitrogen and oxygen atoms in total. The van der Waals surface area contributed by atoms with Crippen molar-refractivity contribution in [3.8, 4) is 11.5 Å². The first-order chi connectivity index (χ1) is 21.0. The normalized spacial score (nSPS) is 17.8. The minimum absolute atomic E-state index is 0.111. The fourth-order valence-corrected chi connectivity index (χ4v) is 5.60. The van der Waals surface area contributed by atoms with Crippen molar-refractivity contribution in [3.05, 3.63) is 95.1 Å². The number of ether oxygens (including phenoxy) is 3. The largest absolute Gasteiger partial charge is 0.497 e. The van der Waals surface area contributed by atoms with E-state index in [0.717, 1.165) is 12.1 Å². The number of hydrogen-bond donors (Lipinski definition) is 1. The summed E-state index contributed by atoms with van der Waals surface area (Å²) in [7, 11) is 3.03. The number of nitrogens with one attached hydrogen (secondary N) is 1. The number of rotatable bonds is 7. The molecule has 2 aliphatic rings. The van der Waals surface area contributed by atoms with E-state index < -0.39 is 35.3 Å². The zero-order valence-electron chi connectivity index (χ0n) is 24.2. The number of halogens is 3. The SMILES string of the molecule is COc1ccc(C(=O)N2[C@H](C(=O)NCc3cccc(C(F)(F)F)c3)COC23CCN(C(=O)c2cccc(OC)c2)CC3)cc1. The Morgan fingerprint density at radius 1 is 0.886 bits per heavy atom. The van der Waals surface area contributed by atoms with E-state index in [-0.39, 0.29) is 50.6 Å². The van der Waals surface area contributed by atoms with E-state index >= 15 is 0 Å². The third kappa shape index (κ3) is 6.35. The van der Waals surface area contributed by atoms with Crippen LogP contribution < -0.4 is 14.8 Å². The van der Waals surface area contributed by atoms with Gasteiger partial charge in [0.25, 0.3) is 11.8 Å². The smallest absolute Gasteiger partial charge is 0.416 e. The van der Waals surface area contributed by atoms with Gasteiger partial charge in [0, 0.05) is 43.6 Å². The van der Waals surface area contributed by atoms with Gasteiger partial charge in [0.1, 0.15) is 23.3 Å². The molecule has 5 rings (SSSR count). The first-order valence-corrected chi connectivity index (χ1v) is 14.0. The molecule has 3 aromatic carbocycles. The zero-order chi connectivity index (χ0) is 31.5. The number of amides is 3. The molecule has 2 aliphatic heterocycles. The van der Waals surface area contributed by atoms with Gasteiger partial charge in [-0.3, -0.25) is 19.3 Å². The number of methoxy groups -OCH3 is 2. The van der Waals surface area contributed by atoms with Crippen LogP contribution in [-0.2, 0) is 22.3 Å². The quantitative estimate of drug-likeness (QED) is 0.423. The zero-order valence-corrected chi connectivity index (χ0v) is 24.2. The van der Waals surface area contributed by atoms with Crippen molar-refractivity contribution in [2.45, 2.75) is 37.3 Å². The second-order valence-electron chi connectivity index (χ2n) is 10.6. The average molecular weight is 612 g/mol. The molecule has 0 bridgehead atoms. The molecule has 0 aliphatic carbocycles. The van der Waals surface area contributed by atoms with Crippen molar-refractivity contribution in [3.63, 3.8) is 0 Å². The summed E-state index contributed by atoms with van der Waals surface area (Å²) in [4.78, 5) is 43.8. The van der Waals surface area contributed by atoms with E-state index in [2.05, 4.69) is 5.32 Å². The molecule has 3 amide bonds. The molecule has 2 saturated heterocycles. The molecular formula is C32H32F3N3O6. The van der Waals surface area contributed by atoms with E-state index in [9.17, 15) is 27.6 Å². The number of nitrogens with zero attached hydrogens (tertiary/aromatic N) is 2. The number of carbonyl (C=O) groups excluding carboxylic acids is 3. The molecule has 0 radical (unpaired) electrons. The lowest BCUT2D eigenvalue weighted by atomic mass is 9.96. The molecular weight excluding hydrogens is 579 g/mol. The Morgan fingerprint density at radius 2 is 1.57 bits per heavy atom. The third-order valence-corrected chi connectivity index (χ3v) is 7.99. The predicted octanol–water partition coefficient (Wildman–Crippen LogP) is 4.51. The van der Waals surface area contributed by atoms with Gasteiger partial charge in [0.05, 0.1) is 26.4 Å². The highest BCUT2D eigenvalue weighted by molar-refractivity contribution is 5.99. The van der Waals surface area contributed by atoms with Crippen molar-refractivity contribution < 1.29 is 41.8 Å². The predicted molar refractivity (Wildman–Crippen MR) is 153 cm³/mol. The van der Waals surface area contributed by atoms with Gasteiger partial charge in [-0.15, -0.1) is 0 Å². The first-order valence-electron chi connectivity index (χ1n) is 14.0. The standard InChI is InChI=1S/C32H32F3N3O6/c1-42-25-11-9-22(10-12-25)30(41)38-27(28(39)36-19-21-5-3-7-24(17-21)32(33,34)35)20-44-31(38)13-15-37(16-14-31)29(40)23-6-4-8-26(18-23)43-2/h3-12,17-18,27H,13-16,19-20H2,1-2H3,(H,36,39)/t27-/m0/s1.